The summed E-state index contributed by atoms with van der Waals surface area (Å²) in [5, 5.41) is 3.36. The smallest absolute Gasteiger partial charge is 0.329 e. The molecule has 0 saturated carbocycles. The Labute approximate surface area is 151 Å². The van der Waals surface area contributed by atoms with Gasteiger partial charge in [0, 0.05) is 11.1 Å². The molecule has 6 nitrogen and oxygen atoms in total. The Morgan fingerprint density at radius 1 is 1.11 bits per heavy atom. The van der Waals surface area contributed by atoms with Crippen LogP contribution in [0.5, 0.6) is 0 Å². The predicted octanol–water partition coefficient (Wildman–Crippen LogP) is 3.24. The van der Waals surface area contributed by atoms with Gasteiger partial charge in [0.1, 0.15) is 0 Å². The van der Waals surface area contributed by atoms with E-state index in [1.165, 1.54) is 0 Å². The maximum absolute atomic E-state index is 12.6. The summed E-state index contributed by atoms with van der Waals surface area (Å²) in [6.45, 7) is 0.333. The third-order valence-electron chi connectivity index (χ3n) is 4.54. The van der Waals surface area contributed by atoms with Crippen molar-refractivity contribution in [3.8, 4) is 11.4 Å². The number of rotatable bonds is 3. The van der Waals surface area contributed by atoms with Gasteiger partial charge in [0.25, 0.3) is 5.56 Å². The fourth-order valence-electron chi connectivity index (χ4n) is 3.15. The van der Waals surface area contributed by atoms with Crippen LogP contribution >= 0.6 is 0 Å². The Bertz CT molecular complexity index is 1020. The molecule has 1 aromatic carbocycles. The van der Waals surface area contributed by atoms with Gasteiger partial charge < -0.3 is 4.52 Å². The summed E-state index contributed by atoms with van der Waals surface area (Å²) < 4.78 is 43.4. The molecule has 0 N–H and O–H groups in total. The Morgan fingerprint density at radius 2 is 1.85 bits per heavy atom. The maximum atomic E-state index is 12.6. The number of aromatic nitrogens is 4. The highest BCUT2D eigenvalue weighted by molar-refractivity contribution is 5.54. The normalized spacial score (nSPS) is 14.2. The highest BCUT2D eigenvalue weighted by Crippen LogP contribution is 2.29. The number of alkyl halides is 3. The highest BCUT2D eigenvalue weighted by atomic mass is 19.4. The monoisotopic (exact) mass is 376 g/mol. The summed E-state index contributed by atoms with van der Waals surface area (Å²) in [6.07, 6.45) is 0.510. The van der Waals surface area contributed by atoms with Crippen molar-refractivity contribution >= 4 is 0 Å². The molecule has 0 saturated heterocycles. The number of fused-ring (bicyclic) bond motifs is 1. The van der Waals surface area contributed by atoms with Crippen molar-refractivity contribution in [1.82, 2.24) is 19.7 Å². The molecule has 1 aliphatic rings. The van der Waals surface area contributed by atoms with Gasteiger partial charge in [-0.05, 0) is 31.2 Å². The first-order valence-corrected chi connectivity index (χ1v) is 8.49. The zero-order valence-corrected chi connectivity index (χ0v) is 14.2. The molecule has 2 aromatic heterocycles. The quantitative estimate of drug-likeness (QED) is 0.702. The SMILES string of the molecule is O=c1c2c(ncn1Cc1ccc(-c3noc(C(F)(F)F)n3)cc1)CCCC2. The van der Waals surface area contributed by atoms with Crippen LogP contribution in [0.25, 0.3) is 11.4 Å². The Kier molecular flexibility index (Phi) is 4.29. The second-order valence-corrected chi connectivity index (χ2v) is 6.43. The van der Waals surface area contributed by atoms with Crippen molar-refractivity contribution in [2.45, 2.75) is 38.4 Å². The topological polar surface area (TPSA) is 73.8 Å². The molecule has 0 unspecified atom stereocenters. The second-order valence-electron chi connectivity index (χ2n) is 6.43. The standard InChI is InChI=1S/C18H15F3N4O2/c19-18(20,21)17-23-15(24-27-17)12-7-5-11(6-8-12)9-25-10-22-14-4-2-1-3-13(14)16(25)26/h5-8,10H,1-4,9H2. The molecule has 0 fully saturated rings. The Hall–Kier alpha value is -2.97. The van der Waals surface area contributed by atoms with Crippen LogP contribution in [0.15, 0.2) is 39.9 Å². The summed E-state index contributed by atoms with van der Waals surface area (Å²) in [5.74, 6) is -1.52. The lowest BCUT2D eigenvalue weighted by atomic mass is 9.97. The first-order valence-electron chi connectivity index (χ1n) is 8.49. The van der Waals surface area contributed by atoms with Gasteiger partial charge in [0.15, 0.2) is 0 Å². The molecule has 4 rings (SSSR count). The molecule has 140 valence electrons. The average Bonchev–Trinajstić information content (AvgIpc) is 3.15. The number of aryl methyl sites for hydroxylation is 1. The minimum atomic E-state index is -4.67. The van der Waals surface area contributed by atoms with Gasteiger partial charge in [-0.2, -0.15) is 18.2 Å². The first kappa shape index (κ1) is 17.4. The number of halogens is 3. The van der Waals surface area contributed by atoms with Crippen LogP contribution in [-0.2, 0) is 25.6 Å². The van der Waals surface area contributed by atoms with Crippen molar-refractivity contribution in [2.24, 2.45) is 0 Å². The van der Waals surface area contributed by atoms with Crippen LogP contribution in [0.3, 0.4) is 0 Å². The molecule has 0 aliphatic heterocycles. The van der Waals surface area contributed by atoms with Gasteiger partial charge in [-0.3, -0.25) is 9.36 Å². The van der Waals surface area contributed by atoms with Gasteiger partial charge in [-0.1, -0.05) is 29.4 Å². The van der Waals surface area contributed by atoms with E-state index in [2.05, 4.69) is 19.6 Å². The van der Waals surface area contributed by atoms with E-state index in [0.717, 1.165) is 42.5 Å². The second kappa shape index (κ2) is 6.64. The van der Waals surface area contributed by atoms with Crippen LogP contribution in [0.4, 0.5) is 13.2 Å². The van der Waals surface area contributed by atoms with E-state index in [0.29, 0.717) is 12.1 Å². The third kappa shape index (κ3) is 3.49. The lowest BCUT2D eigenvalue weighted by Gasteiger charge is -2.15. The Balaban J connectivity index is 1.55. The molecule has 0 atom stereocenters. The molecule has 2 heterocycles. The fraction of sp³-hybridized carbons (Fsp3) is 0.333. The van der Waals surface area contributed by atoms with E-state index in [4.69, 9.17) is 0 Å². The summed E-state index contributed by atoms with van der Waals surface area (Å²) in [4.78, 5) is 20.3. The van der Waals surface area contributed by atoms with E-state index >= 15 is 0 Å². The van der Waals surface area contributed by atoms with E-state index in [1.807, 2.05) is 0 Å². The van der Waals surface area contributed by atoms with Crippen LogP contribution in [0.1, 0.15) is 35.6 Å². The van der Waals surface area contributed by atoms with Gasteiger partial charge in [0.05, 0.1) is 18.6 Å². The van der Waals surface area contributed by atoms with E-state index < -0.39 is 12.1 Å². The van der Waals surface area contributed by atoms with Crippen LogP contribution in [-0.4, -0.2) is 19.7 Å². The van der Waals surface area contributed by atoms with Crippen LogP contribution < -0.4 is 5.56 Å². The molecule has 0 spiro atoms. The van der Waals surface area contributed by atoms with E-state index in [9.17, 15) is 18.0 Å². The molecule has 1 aliphatic carbocycles. The average molecular weight is 376 g/mol. The summed E-state index contributed by atoms with van der Waals surface area (Å²) in [5.41, 5.74) is 2.85. The molecule has 0 radical (unpaired) electrons. The summed E-state index contributed by atoms with van der Waals surface area (Å²) in [7, 11) is 0. The lowest BCUT2D eigenvalue weighted by Crippen LogP contribution is -2.28. The lowest BCUT2D eigenvalue weighted by molar-refractivity contribution is -0.159. The van der Waals surface area contributed by atoms with Crippen molar-refractivity contribution in [1.29, 1.82) is 0 Å². The Morgan fingerprint density at radius 3 is 2.56 bits per heavy atom. The van der Waals surface area contributed by atoms with Crippen molar-refractivity contribution in [3.05, 3.63) is 63.7 Å². The predicted molar refractivity (Wildman–Crippen MR) is 89.0 cm³/mol. The minimum absolute atomic E-state index is 0.0308. The number of benzene rings is 1. The van der Waals surface area contributed by atoms with Crippen LogP contribution in [0.2, 0.25) is 0 Å². The zero-order valence-electron chi connectivity index (χ0n) is 14.2. The largest absolute Gasteiger partial charge is 0.471 e. The fourth-order valence-corrected chi connectivity index (χ4v) is 3.15. The summed E-state index contributed by atoms with van der Waals surface area (Å²) >= 11 is 0. The molecule has 0 bridgehead atoms. The van der Waals surface area contributed by atoms with Crippen molar-refractivity contribution in [3.63, 3.8) is 0 Å². The van der Waals surface area contributed by atoms with Crippen molar-refractivity contribution < 1.29 is 17.7 Å². The summed E-state index contributed by atoms with van der Waals surface area (Å²) in [6, 6.07) is 6.62. The minimum Gasteiger partial charge on any atom is -0.329 e. The first-order chi connectivity index (χ1) is 12.9. The molecule has 3 aromatic rings. The van der Waals surface area contributed by atoms with Gasteiger partial charge >= 0.3 is 12.1 Å². The molecule has 27 heavy (non-hydrogen) atoms. The highest BCUT2D eigenvalue weighted by Gasteiger charge is 2.38. The maximum Gasteiger partial charge on any atom is 0.471 e. The third-order valence-corrected chi connectivity index (χ3v) is 4.54. The number of hydrogen-bond donors (Lipinski definition) is 0. The molecule has 9 heteroatoms. The molecular formula is C18H15F3N4O2. The molecule has 0 amide bonds. The van der Waals surface area contributed by atoms with E-state index in [-0.39, 0.29) is 11.4 Å². The van der Waals surface area contributed by atoms with Crippen LogP contribution in [0, 0.1) is 0 Å². The van der Waals surface area contributed by atoms with Crippen molar-refractivity contribution in [2.75, 3.05) is 0 Å². The zero-order chi connectivity index (χ0) is 19.0. The number of hydrogen-bond acceptors (Lipinski definition) is 5. The number of nitrogens with zero attached hydrogens (tertiary/aromatic N) is 4. The van der Waals surface area contributed by atoms with E-state index in [1.54, 1.807) is 35.2 Å². The van der Waals surface area contributed by atoms with Gasteiger partial charge in [-0.15, -0.1) is 0 Å². The van der Waals surface area contributed by atoms with Gasteiger partial charge in [-0.25, -0.2) is 4.98 Å². The van der Waals surface area contributed by atoms with Gasteiger partial charge in [0.2, 0.25) is 5.82 Å². The molecular weight excluding hydrogens is 361 g/mol.